The van der Waals surface area contributed by atoms with E-state index >= 15 is 0 Å². The number of hydrogen-bond acceptors (Lipinski definition) is 4. The van der Waals surface area contributed by atoms with Crippen LogP contribution in [0.5, 0.6) is 5.75 Å². The average molecular weight is 249 g/mol. The number of rotatable bonds is 4. The molecule has 1 fully saturated rings. The molecule has 1 aliphatic rings. The molecule has 1 aromatic carbocycles. The molecule has 0 N–H and O–H groups in total. The van der Waals surface area contributed by atoms with Gasteiger partial charge in [-0.2, -0.15) is 0 Å². The van der Waals surface area contributed by atoms with Crippen molar-refractivity contribution >= 4 is 11.7 Å². The number of methoxy groups -OCH3 is 1. The Kier molecular flexibility index (Phi) is 4.07. The monoisotopic (exact) mass is 249 g/mol. The summed E-state index contributed by atoms with van der Waals surface area (Å²) in [5.41, 5.74) is 1.10. The average Bonchev–Trinajstić information content (AvgIpc) is 2.89. The number of hydrogen-bond donors (Lipinski definition) is 0. The fraction of sp³-hybridized carbons (Fsp3) is 0.500. The van der Waals surface area contributed by atoms with E-state index < -0.39 is 0 Å². The summed E-state index contributed by atoms with van der Waals surface area (Å²) in [5.74, 6) is 0.756. The van der Waals surface area contributed by atoms with Gasteiger partial charge in [0.05, 0.1) is 19.6 Å². The molecule has 4 heteroatoms. The van der Waals surface area contributed by atoms with E-state index in [0.717, 1.165) is 30.9 Å². The van der Waals surface area contributed by atoms with Crippen LogP contribution in [0.1, 0.15) is 13.3 Å². The van der Waals surface area contributed by atoms with E-state index in [2.05, 4.69) is 4.90 Å². The zero-order valence-corrected chi connectivity index (χ0v) is 10.9. The summed E-state index contributed by atoms with van der Waals surface area (Å²) in [6.45, 7) is 3.91. The lowest BCUT2D eigenvalue weighted by atomic mass is 10.1. The Bertz CT molecular complexity index is 419. The lowest BCUT2D eigenvalue weighted by molar-refractivity contribution is -0.147. The summed E-state index contributed by atoms with van der Waals surface area (Å²) in [6, 6.07) is 7.91. The van der Waals surface area contributed by atoms with Crippen molar-refractivity contribution < 1.29 is 14.3 Å². The molecule has 4 nitrogen and oxygen atoms in total. The smallest absolute Gasteiger partial charge is 0.310 e. The standard InChI is InChI=1S/C14H19NO3/c1-3-18-14(16)11-7-8-15(10-11)12-5-4-6-13(9-12)17-2/h4-6,9,11H,3,7-8,10H2,1-2H3. The first-order chi connectivity index (χ1) is 8.74. The molecule has 1 atom stereocenters. The Labute approximate surface area is 107 Å². The summed E-state index contributed by atoms with van der Waals surface area (Å²) < 4.78 is 10.3. The second-order valence-corrected chi connectivity index (χ2v) is 4.39. The van der Waals surface area contributed by atoms with Gasteiger partial charge in [0, 0.05) is 24.8 Å². The van der Waals surface area contributed by atoms with Crippen LogP contribution >= 0.6 is 0 Å². The van der Waals surface area contributed by atoms with Crippen LogP contribution in [0.2, 0.25) is 0 Å². The highest BCUT2D eigenvalue weighted by Gasteiger charge is 2.29. The summed E-state index contributed by atoms with van der Waals surface area (Å²) >= 11 is 0. The van der Waals surface area contributed by atoms with Gasteiger partial charge < -0.3 is 14.4 Å². The zero-order chi connectivity index (χ0) is 13.0. The van der Waals surface area contributed by atoms with Gasteiger partial charge in [-0.05, 0) is 25.5 Å². The highest BCUT2D eigenvalue weighted by Crippen LogP contribution is 2.27. The van der Waals surface area contributed by atoms with E-state index in [1.807, 2.05) is 31.2 Å². The van der Waals surface area contributed by atoms with Crippen molar-refractivity contribution in [3.8, 4) is 5.75 Å². The summed E-state index contributed by atoms with van der Waals surface area (Å²) in [7, 11) is 1.66. The maximum absolute atomic E-state index is 11.7. The molecule has 1 heterocycles. The maximum Gasteiger partial charge on any atom is 0.310 e. The number of carbonyl (C=O) groups excluding carboxylic acids is 1. The van der Waals surface area contributed by atoms with Crippen molar-refractivity contribution in [3.63, 3.8) is 0 Å². The van der Waals surface area contributed by atoms with Crippen molar-refractivity contribution in [1.82, 2.24) is 0 Å². The minimum absolute atomic E-state index is 0.00356. The molecule has 18 heavy (non-hydrogen) atoms. The first-order valence-corrected chi connectivity index (χ1v) is 6.30. The number of esters is 1. The third-order valence-corrected chi connectivity index (χ3v) is 3.23. The van der Waals surface area contributed by atoms with Gasteiger partial charge in [-0.25, -0.2) is 0 Å². The Hall–Kier alpha value is -1.71. The lowest BCUT2D eigenvalue weighted by Gasteiger charge is -2.18. The van der Waals surface area contributed by atoms with Gasteiger partial charge in [-0.3, -0.25) is 4.79 Å². The first-order valence-electron chi connectivity index (χ1n) is 6.30. The van der Waals surface area contributed by atoms with E-state index in [-0.39, 0.29) is 11.9 Å². The fourth-order valence-corrected chi connectivity index (χ4v) is 2.25. The van der Waals surface area contributed by atoms with Gasteiger partial charge in [-0.1, -0.05) is 6.07 Å². The Morgan fingerprint density at radius 1 is 1.50 bits per heavy atom. The number of anilines is 1. The van der Waals surface area contributed by atoms with Gasteiger partial charge in [0.15, 0.2) is 0 Å². The van der Waals surface area contributed by atoms with E-state index in [9.17, 15) is 4.79 Å². The molecule has 0 aliphatic carbocycles. The van der Waals surface area contributed by atoms with Gasteiger partial charge >= 0.3 is 5.97 Å². The molecule has 0 bridgehead atoms. The molecular formula is C14H19NO3. The third-order valence-electron chi connectivity index (χ3n) is 3.23. The van der Waals surface area contributed by atoms with Gasteiger partial charge in [0.25, 0.3) is 0 Å². The van der Waals surface area contributed by atoms with Crippen molar-refractivity contribution in [2.75, 3.05) is 31.7 Å². The van der Waals surface area contributed by atoms with Crippen LogP contribution in [0.4, 0.5) is 5.69 Å². The molecule has 0 radical (unpaired) electrons. The van der Waals surface area contributed by atoms with Crippen LogP contribution in [0.3, 0.4) is 0 Å². The highest BCUT2D eigenvalue weighted by molar-refractivity contribution is 5.74. The number of benzene rings is 1. The van der Waals surface area contributed by atoms with Crippen molar-refractivity contribution in [3.05, 3.63) is 24.3 Å². The quantitative estimate of drug-likeness (QED) is 0.766. The Balaban J connectivity index is 2.01. The molecule has 0 aromatic heterocycles. The van der Waals surface area contributed by atoms with Crippen LogP contribution in [0.15, 0.2) is 24.3 Å². The minimum Gasteiger partial charge on any atom is -0.497 e. The topological polar surface area (TPSA) is 38.8 Å². The van der Waals surface area contributed by atoms with Gasteiger partial charge in [0.2, 0.25) is 0 Å². The van der Waals surface area contributed by atoms with Crippen molar-refractivity contribution in [2.45, 2.75) is 13.3 Å². The normalized spacial score (nSPS) is 18.8. The Morgan fingerprint density at radius 3 is 3.06 bits per heavy atom. The molecule has 1 saturated heterocycles. The van der Waals surface area contributed by atoms with E-state index in [1.54, 1.807) is 7.11 Å². The second kappa shape index (κ2) is 5.76. The Morgan fingerprint density at radius 2 is 2.33 bits per heavy atom. The summed E-state index contributed by atoms with van der Waals surface area (Å²) in [4.78, 5) is 13.9. The maximum atomic E-state index is 11.7. The molecule has 1 unspecified atom stereocenters. The molecule has 1 aromatic rings. The van der Waals surface area contributed by atoms with Crippen molar-refractivity contribution in [2.24, 2.45) is 5.92 Å². The lowest BCUT2D eigenvalue weighted by Crippen LogP contribution is -2.24. The summed E-state index contributed by atoms with van der Waals surface area (Å²) in [6.07, 6.45) is 0.857. The SMILES string of the molecule is CCOC(=O)C1CCN(c2cccc(OC)c2)C1. The van der Waals surface area contributed by atoms with Crippen LogP contribution in [0.25, 0.3) is 0 Å². The highest BCUT2D eigenvalue weighted by atomic mass is 16.5. The van der Waals surface area contributed by atoms with Gasteiger partial charge in [0.1, 0.15) is 5.75 Å². The van der Waals surface area contributed by atoms with Gasteiger partial charge in [-0.15, -0.1) is 0 Å². The predicted molar refractivity (Wildman–Crippen MR) is 69.9 cm³/mol. The van der Waals surface area contributed by atoms with E-state index in [4.69, 9.17) is 9.47 Å². The molecule has 0 amide bonds. The van der Waals surface area contributed by atoms with Crippen LogP contribution in [-0.2, 0) is 9.53 Å². The summed E-state index contributed by atoms with van der Waals surface area (Å²) in [5, 5.41) is 0. The van der Waals surface area contributed by atoms with Crippen LogP contribution in [0, 0.1) is 5.92 Å². The number of nitrogens with zero attached hydrogens (tertiary/aromatic N) is 1. The number of carbonyl (C=O) groups is 1. The molecule has 2 rings (SSSR count). The van der Waals surface area contributed by atoms with Crippen LogP contribution < -0.4 is 9.64 Å². The molecular weight excluding hydrogens is 230 g/mol. The first kappa shape index (κ1) is 12.7. The molecule has 1 aliphatic heterocycles. The van der Waals surface area contributed by atoms with E-state index in [1.165, 1.54) is 0 Å². The molecule has 0 saturated carbocycles. The van der Waals surface area contributed by atoms with Crippen molar-refractivity contribution in [1.29, 1.82) is 0 Å². The van der Waals surface area contributed by atoms with E-state index in [0.29, 0.717) is 6.61 Å². The number of ether oxygens (including phenoxy) is 2. The minimum atomic E-state index is -0.0807. The molecule has 98 valence electrons. The predicted octanol–water partition coefficient (Wildman–Crippen LogP) is 2.08. The molecule has 0 spiro atoms. The van der Waals surface area contributed by atoms with Crippen LogP contribution in [-0.4, -0.2) is 32.8 Å². The third kappa shape index (κ3) is 2.75. The zero-order valence-electron chi connectivity index (χ0n) is 10.9. The largest absolute Gasteiger partial charge is 0.497 e. The second-order valence-electron chi connectivity index (χ2n) is 4.39. The fourth-order valence-electron chi connectivity index (χ4n) is 2.25.